The van der Waals surface area contributed by atoms with Crippen LogP contribution < -0.4 is 5.73 Å². The van der Waals surface area contributed by atoms with Gasteiger partial charge in [0.1, 0.15) is 0 Å². The maximum absolute atomic E-state index is 5.56. The van der Waals surface area contributed by atoms with E-state index in [1.807, 2.05) is 0 Å². The molecule has 1 fully saturated rings. The van der Waals surface area contributed by atoms with Crippen LogP contribution in [0.3, 0.4) is 0 Å². The van der Waals surface area contributed by atoms with E-state index in [0.29, 0.717) is 12.6 Å². The van der Waals surface area contributed by atoms with Gasteiger partial charge in [-0.2, -0.15) is 0 Å². The summed E-state index contributed by atoms with van der Waals surface area (Å²) < 4.78 is 2.11. The van der Waals surface area contributed by atoms with Gasteiger partial charge in [-0.1, -0.05) is 12.1 Å². The topological polar surface area (TPSA) is 56.7 Å². The van der Waals surface area contributed by atoms with Crippen LogP contribution in [0.2, 0.25) is 0 Å². The van der Waals surface area contributed by atoms with Crippen molar-refractivity contribution in [1.82, 2.24) is 15.0 Å². The number of aromatic nitrogens is 3. The molecule has 4 nitrogen and oxygen atoms in total. The first kappa shape index (κ1) is 10.6. The maximum atomic E-state index is 5.56. The summed E-state index contributed by atoms with van der Waals surface area (Å²) in [7, 11) is 0. The largest absolute Gasteiger partial charge is 0.330 e. The van der Waals surface area contributed by atoms with E-state index in [2.05, 4.69) is 28.8 Å². The maximum Gasteiger partial charge on any atom is 0.0871 e. The Bertz CT molecular complexity index is 327. The lowest BCUT2D eigenvalue weighted by Crippen LogP contribution is -2.13. The summed E-state index contributed by atoms with van der Waals surface area (Å²) in [4.78, 5) is 0. The zero-order chi connectivity index (χ0) is 10.8. The molecule has 1 saturated carbocycles. The highest BCUT2D eigenvalue weighted by molar-refractivity contribution is 5.12. The third kappa shape index (κ3) is 2.04. The predicted molar refractivity (Wildman–Crippen MR) is 59.6 cm³/mol. The quantitative estimate of drug-likeness (QED) is 0.793. The number of hydrogen-bond donors (Lipinski definition) is 1. The monoisotopic (exact) mass is 208 g/mol. The second-order valence-electron chi connectivity index (χ2n) is 4.40. The molecule has 0 saturated heterocycles. The normalized spacial score (nSPS) is 18.1. The Labute approximate surface area is 90.8 Å². The van der Waals surface area contributed by atoms with E-state index < -0.39 is 0 Å². The molecule has 1 aromatic heterocycles. The summed E-state index contributed by atoms with van der Waals surface area (Å²) in [5, 5.41) is 8.52. The Morgan fingerprint density at radius 3 is 2.80 bits per heavy atom. The molecule has 1 atom stereocenters. The van der Waals surface area contributed by atoms with Crippen LogP contribution in [0.4, 0.5) is 0 Å². The van der Waals surface area contributed by atoms with Crippen LogP contribution in [0.5, 0.6) is 0 Å². The van der Waals surface area contributed by atoms with Crippen LogP contribution in [0.15, 0.2) is 0 Å². The summed E-state index contributed by atoms with van der Waals surface area (Å²) in [6.07, 6.45) is 4.53. The minimum absolute atomic E-state index is 0.513. The van der Waals surface area contributed by atoms with Gasteiger partial charge in [0.2, 0.25) is 0 Å². The molecule has 1 aromatic rings. The van der Waals surface area contributed by atoms with Crippen molar-refractivity contribution < 1.29 is 0 Å². The number of hydrogen-bond acceptors (Lipinski definition) is 3. The van der Waals surface area contributed by atoms with Crippen molar-refractivity contribution in [2.24, 2.45) is 11.7 Å². The Hall–Kier alpha value is -0.900. The summed E-state index contributed by atoms with van der Waals surface area (Å²) in [5.41, 5.74) is 7.93. The zero-order valence-electron chi connectivity index (χ0n) is 9.61. The van der Waals surface area contributed by atoms with Gasteiger partial charge >= 0.3 is 0 Å². The van der Waals surface area contributed by atoms with E-state index in [9.17, 15) is 0 Å². The van der Waals surface area contributed by atoms with E-state index in [4.69, 9.17) is 5.73 Å². The van der Waals surface area contributed by atoms with Gasteiger partial charge in [-0.05, 0) is 38.6 Å². The Balaban J connectivity index is 2.21. The standard InChI is InChI=1S/C11H20N4/c1-3-11-10(6-7-12)13-14-15(11)8(2)9-4-5-9/h8-9H,3-7,12H2,1-2H3. The third-order valence-corrected chi connectivity index (χ3v) is 3.28. The molecule has 0 amide bonds. The van der Waals surface area contributed by atoms with Crippen molar-refractivity contribution in [2.45, 2.75) is 45.6 Å². The van der Waals surface area contributed by atoms with Gasteiger partial charge in [-0.15, -0.1) is 5.10 Å². The molecule has 0 radical (unpaired) electrons. The molecule has 2 N–H and O–H groups in total. The Kier molecular flexibility index (Phi) is 3.05. The molecule has 2 rings (SSSR count). The fraction of sp³-hybridized carbons (Fsp3) is 0.818. The molecule has 1 heterocycles. The predicted octanol–water partition coefficient (Wildman–Crippen LogP) is 1.31. The highest BCUT2D eigenvalue weighted by atomic mass is 15.4. The fourth-order valence-corrected chi connectivity index (χ4v) is 2.15. The summed E-state index contributed by atoms with van der Waals surface area (Å²) >= 11 is 0. The first-order chi connectivity index (χ1) is 7.27. The molecule has 1 aliphatic carbocycles. The van der Waals surface area contributed by atoms with Crippen molar-refractivity contribution in [2.75, 3.05) is 6.54 Å². The molecular formula is C11H20N4. The van der Waals surface area contributed by atoms with Crippen LogP contribution in [0, 0.1) is 5.92 Å². The highest BCUT2D eigenvalue weighted by Gasteiger charge is 2.31. The highest BCUT2D eigenvalue weighted by Crippen LogP contribution is 2.39. The molecule has 0 aliphatic heterocycles. The van der Waals surface area contributed by atoms with Gasteiger partial charge in [-0.3, -0.25) is 0 Å². The lowest BCUT2D eigenvalue weighted by molar-refractivity contribution is 0.416. The van der Waals surface area contributed by atoms with Crippen molar-refractivity contribution in [3.8, 4) is 0 Å². The van der Waals surface area contributed by atoms with Gasteiger partial charge in [0.05, 0.1) is 17.4 Å². The molecule has 4 heteroatoms. The second kappa shape index (κ2) is 4.31. The van der Waals surface area contributed by atoms with E-state index in [1.54, 1.807) is 0 Å². The smallest absolute Gasteiger partial charge is 0.0871 e. The zero-order valence-corrected chi connectivity index (χ0v) is 9.61. The molecule has 1 aliphatic rings. The first-order valence-corrected chi connectivity index (χ1v) is 5.91. The van der Waals surface area contributed by atoms with E-state index in [0.717, 1.165) is 24.5 Å². The average Bonchev–Trinajstić information content (AvgIpc) is 3.00. The van der Waals surface area contributed by atoms with Gasteiger partial charge in [-0.25, -0.2) is 4.68 Å². The molecule has 84 valence electrons. The minimum Gasteiger partial charge on any atom is -0.330 e. The number of rotatable bonds is 5. The third-order valence-electron chi connectivity index (χ3n) is 3.28. The fourth-order valence-electron chi connectivity index (χ4n) is 2.15. The number of nitrogens with zero attached hydrogens (tertiary/aromatic N) is 3. The van der Waals surface area contributed by atoms with E-state index in [1.165, 1.54) is 18.5 Å². The molecule has 0 bridgehead atoms. The average molecular weight is 208 g/mol. The van der Waals surface area contributed by atoms with Crippen molar-refractivity contribution in [1.29, 1.82) is 0 Å². The van der Waals surface area contributed by atoms with Gasteiger partial charge in [0.15, 0.2) is 0 Å². The van der Waals surface area contributed by atoms with E-state index in [-0.39, 0.29) is 0 Å². The van der Waals surface area contributed by atoms with Crippen LogP contribution in [0.1, 0.15) is 44.1 Å². The summed E-state index contributed by atoms with van der Waals surface area (Å²) in [6.45, 7) is 5.07. The molecule has 0 aromatic carbocycles. The first-order valence-electron chi connectivity index (χ1n) is 5.91. The van der Waals surface area contributed by atoms with E-state index >= 15 is 0 Å². The van der Waals surface area contributed by atoms with Crippen LogP contribution in [-0.2, 0) is 12.8 Å². The summed E-state index contributed by atoms with van der Waals surface area (Å²) in [6, 6.07) is 0.513. The van der Waals surface area contributed by atoms with Crippen LogP contribution >= 0.6 is 0 Å². The molecule has 1 unspecified atom stereocenters. The molecule has 0 spiro atoms. The van der Waals surface area contributed by atoms with Crippen molar-refractivity contribution in [3.05, 3.63) is 11.4 Å². The Morgan fingerprint density at radius 1 is 1.53 bits per heavy atom. The molecule has 15 heavy (non-hydrogen) atoms. The molecular weight excluding hydrogens is 188 g/mol. The minimum atomic E-state index is 0.513. The van der Waals surface area contributed by atoms with Crippen LogP contribution in [0.25, 0.3) is 0 Å². The van der Waals surface area contributed by atoms with Gasteiger partial charge < -0.3 is 5.73 Å². The summed E-state index contributed by atoms with van der Waals surface area (Å²) in [5.74, 6) is 0.822. The van der Waals surface area contributed by atoms with Crippen molar-refractivity contribution >= 4 is 0 Å². The van der Waals surface area contributed by atoms with Crippen molar-refractivity contribution in [3.63, 3.8) is 0 Å². The lowest BCUT2D eigenvalue weighted by Gasteiger charge is -2.13. The van der Waals surface area contributed by atoms with Crippen LogP contribution in [-0.4, -0.2) is 21.5 Å². The second-order valence-corrected chi connectivity index (χ2v) is 4.40. The SMILES string of the molecule is CCc1c(CCN)nnn1C(C)C1CC1. The lowest BCUT2D eigenvalue weighted by atomic mass is 10.1. The Morgan fingerprint density at radius 2 is 2.27 bits per heavy atom. The van der Waals surface area contributed by atoms with Gasteiger partial charge in [0.25, 0.3) is 0 Å². The van der Waals surface area contributed by atoms with Gasteiger partial charge in [0, 0.05) is 6.42 Å². The number of nitrogens with two attached hydrogens (primary N) is 1.